The largest absolute Gasteiger partial charge is 0.450 e. The summed E-state index contributed by atoms with van der Waals surface area (Å²) >= 11 is 0. The molecule has 0 aromatic carbocycles. The van der Waals surface area contributed by atoms with Crippen molar-refractivity contribution in [3.8, 4) is 0 Å². The average molecular weight is 229 g/mol. The van der Waals surface area contributed by atoms with Gasteiger partial charge >= 0.3 is 6.09 Å². The molecular weight excluding hydrogens is 210 g/mol. The number of nitrogens with zero attached hydrogens (tertiary/aromatic N) is 1. The zero-order valence-corrected chi connectivity index (χ0v) is 9.65. The molecule has 0 bridgehead atoms. The second-order valence-corrected chi connectivity index (χ2v) is 4.54. The van der Waals surface area contributed by atoms with Gasteiger partial charge in [0.05, 0.1) is 24.9 Å². The number of hydrogen-bond acceptors (Lipinski definition) is 4. The number of carbonyl (C=O) groups is 1. The van der Waals surface area contributed by atoms with E-state index in [4.69, 9.17) is 9.47 Å². The highest BCUT2D eigenvalue weighted by Crippen LogP contribution is 2.35. The molecule has 92 valence electrons. The van der Waals surface area contributed by atoms with Gasteiger partial charge in [-0.15, -0.1) is 0 Å². The van der Waals surface area contributed by atoms with E-state index in [-0.39, 0.29) is 17.8 Å². The van der Waals surface area contributed by atoms with Crippen molar-refractivity contribution in [3.63, 3.8) is 0 Å². The van der Waals surface area contributed by atoms with Crippen LogP contribution in [-0.2, 0) is 9.47 Å². The quantitative estimate of drug-likeness (QED) is 0.721. The van der Waals surface area contributed by atoms with Crippen molar-refractivity contribution >= 4 is 6.09 Å². The standard InChI is InChI=1S/C11H19NO4/c1-2-15-10(14)12-5-3-11(4-6-12)7-9(13)8-16-11/h9,13H,2-8H2,1H3/t9-/m0/s1. The Morgan fingerprint density at radius 3 is 2.75 bits per heavy atom. The van der Waals surface area contributed by atoms with Crippen LogP contribution < -0.4 is 0 Å². The summed E-state index contributed by atoms with van der Waals surface area (Å²) in [4.78, 5) is 13.2. The average Bonchev–Trinajstić information content (AvgIpc) is 2.61. The van der Waals surface area contributed by atoms with Gasteiger partial charge in [0.15, 0.2) is 0 Å². The summed E-state index contributed by atoms with van der Waals surface area (Å²) < 4.78 is 10.6. The van der Waals surface area contributed by atoms with Gasteiger partial charge < -0.3 is 19.5 Å². The first-order valence-corrected chi connectivity index (χ1v) is 5.89. The molecule has 5 nitrogen and oxygen atoms in total. The third-order valence-electron chi connectivity index (χ3n) is 3.39. The van der Waals surface area contributed by atoms with E-state index in [0.717, 1.165) is 12.8 Å². The van der Waals surface area contributed by atoms with Gasteiger partial charge in [0, 0.05) is 19.5 Å². The molecular formula is C11H19NO4. The third kappa shape index (κ3) is 2.30. The van der Waals surface area contributed by atoms with Gasteiger partial charge in [-0.1, -0.05) is 0 Å². The lowest BCUT2D eigenvalue weighted by molar-refractivity contribution is -0.0423. The molecule has 2 aliphatic rings. The lowest BCUT2D eigenvalue weighted by Gasteiger charge is -2.37. The molecule has 0 saturated carbocycles. The lowest BCUT2D eigenvalue weighted by atomic mass is 9.88. The highest BCUT2D eigenvalue weighted by Gasteiger charge is 2.43. The number of carbonyl (C=O) groups excluding carboxylic acids is 1. The monoisotopic (exact) mass is 229 g/mol. The van der Waals surface area contributed by atoms with E-state index in [1.54, 1.807) is 11.8 Å². The fraction of sp³-hybridized carbons (Fsp3) is 0.909. The number of piperidine rings is 1. The zero-order valence-electron chi connectivity index (χ0n) is 9.65. The zero-order chi connectivity index (χ0) is 11.6. The van der Waals surface area contributed by atoms with Gasteiger partial charge in [-0.2, -0.15) is 0 Å². The molecule has 1 amide bonds. The van der Waals surface area contributed by atoms with E-state index in [1.165, 1.54) is 0 Å². The molecule has 0 aliphatic carbocycles. The maximum atomic E-state index is 11.5. The Balaban J connectivity index is 1.85. The summed E-state index contributed by atoms with van der Waals surface area (Å²) in [6, 6.07) is 0. The minimum atomic E-state index is -0.339. The first-order chi connectivity index (χ1) is 7.65. The van der Waals surface area contributed by atoms with Gasteiger partial charge in [0.2, 0.25) is 0 Å². The first kappa shape index (κ1) is 11.7. The molecule has 2 aliphatic heterocycles. The molecule has 2 rings (SSSR count). The van der Waals surface area contributed by atoms with Crippen molar-refractivity contribution < 1.29 is 19.4 Å². The highest BCUT2D eigenvalue weighted by atomic mass is 16.6. The fourth-order valence-electron chi connectivity index (χ4n) is 2.48. The second-order valence-electron chi connectivity index (χ2n) is 4.54. The molecule has 0 unspecified atom stereocenters. The van der Waals surface area contributed by atoms with Crippen LogP contribution in [0.25, 0.3) is 0 Å². The van der Waals surface area contributed by atoms with Crippen molar-refractivity contribution in [1.82, 2.24) is 4.90 Å². The Kier molecular flexibility index (Phi) is 3.35. The molecule has 1 spiro atoms. The number of hydrogen-bond donors (Lipinski definition) is 1. The van der Waals surface area contributed by atoms with Gasteiger partial charge in [-0.25, -0.2) is 4.79 Å². The fourth-order valence-corrected chi connectivity index (χ4v) is 2.48. The van der Waals surface area contributed by atoms with Gasteiger partial charge in [0.1, 0.15) is 0 Å². The maximum absolute atomic E-state index is 11.5. The van der Waals surface area contributed by atoms with Crippen LogP contribution in [0.3, 0.4) is 0 Å². The van der Waals surface area contributed by atoms with Crippen LogP contribution in [0.1, 0.15) is 26.2 Å². The third-order valence-corrected chi connectivity index (χ3v) is 3.39. The molecule has 2 saturated heterocycles. The van der Waals surface area contributed by atoms with Crippen LogP contribution in [0.4, 0.5) is 4.79 Å². The van der Waals surface area contributed by atoms with E-state index >= 15 is 0 Å². The smallest absolute Gasteiger partial charge is 0.409 e. The number of amides is 1. The van der Waals surface area contributed by atoms with Crippen LogP contribution in [0.2, 0.25) is 0 Å². The molecule has 2 fully saturated rings. The Labute approximate surface area is 95.3 Å². The van der Waals surface area contributed by atoms with Crippen molar-refractivity contribution in [2.45, 2.75) is 37.9 Å². The van der Waals surface area contributed by atoms with E-state index in [2.05, 4.69) is 0 Å². The van der Waals surface area contributed by atoms with E-state index in [1.807, 2.05) is 0 Å². The number of aliphatic hydroxyl groups excluding tert-OH is 1. The normalized spacial score (nSPS) is 28.4. The molecule has 0 radical (unpaired) electrons. The lowest BCUT2D eigenvalue weighted by Crippen LogP contribution is -2.46. The number of ether oxygens (including phenoxy) is 2. The van der Waals surface area contributed by atoms with Crippen LogP contribution in [0.5, 0.6) is 0 Å². The summed E-state index contributed by atoms with van der Waals surface area (Å²) in [6.07, 6.45) is 1.71. The van der Waals surface area contributed by atoms with E-state index in [9.17, 15) is 9.90 Å². The summed E-state index contributed by atoms with van der Waals surface area (Å²) in [7, 11) is 0. The van der Waals surface area contributed by atoms with Crippen molar-refractivity contribution in [3.05, 3.63) is 0 Å². The maximum Gasteiger partial charge on any atom is 0.409 e. The Morgan fingerprint density at radius 1 is 1.56 bits per heavy atom. The topological polar surface area (TPSA) is 59.0 Å². The summed E-state index contributed by atoms with van der Waals surface area (Å²) in [6.45, 7) is 3.96. The van der Waals surface area contributed by atoms with Crippen molar-refractivity contribution in [1.29, 1.82) is 0 Å². The molecule has 0 aromatic heterocycles. The summed E-state index contributed by atoms with van der Waals surface area (Å²) in [5.41, 5.74) is -0.192. The SMILES string of the molecule is CCOC(=O)N1CCC2(CC1)C[C@H](O)CO2. The Morgan fingerprint density at radius 2 is 2.25 bits per heavy atom. The van der Waals surface area contributed by atoms with Crippen LogP contribution in [-0.4, -0.2) is 54.1 Å². The molecule has 16 heavy (non-hydrogen) atoms. The van der Waals surface area contributed by atoms with Crippen LogP contribution in [0, 0.1) is 0 Å². The number of rotatable bonds is 1. The number of aliphatic hydroxyl groups is 1. The van der Waals surface area contributed by atoms with Gasteiger partial charge in [0.25, 0.3) is 0 Å². The van der Waals surface area contributed by atoms with E-state index < -0.39 is 0 Å². The second kappa shape index (κ2) is 4.59. The molecule has 1 N–H and O–H groups in total. The highest BCUT2D eigenvalue weighted by molar-refractivity contribution is 5.67. The summed E-state index contributed by atoms with van der Waals surface area (Å²) in [5, 5.41) is 9.48. The van der Waals surface area contributed by atoms with Gasteiger partial charge in [-0.3, -0.25) is 0 Å². The van der Waals surface area contributed by atoms with Crippen molar-refractivity contribution in [2.75, 3.05) is 26.3 Å². The summed E-state index contributed by atoms with van der Waals surface area (Å²) in [5.74, 6) is 0. The molecule has 0 aromatic rings. The first-order valence-electron chi connectivity index (χ1n) is 5.89. The predicted octanol–water partition coefficient (Wildman–Crippen LogP) is 0.759. The number of likely N-dealkylation sites (tertiary alicyclic amines) is 1. The minimum Gasteiger partial charge on any atom is -0.450 e. The van der Waals surface area contributed by atoms with Gasteiger partial charge in [-0.05, 0) is 19.8 Å². The predicted molar refractivity (Wildman–Crippen MR) is 57.1 cm³/mol. The molecule has 5 heteroatoms. The minimum absolute atomic E-state index is 0.192. The Hall–Kier alpha value is -0.810. The van der Waals surface area contributed by atoms with Crippen LogP contribution in [0.15, 0.2) is 0 Å². The van der Waals surface area contributed by atoms with Crippen LogP contribution >= 0.6 is 0 Å². The van der Waals surface area contributed by atoms with E-state index in [0.29, 0.717) is 32.7 Å². The molecule has 2 heterocycles. The molecule has 1 atom stereocenters. The van der Waals surface area contributed by atoms with Crippen molar-refractivity contribution in [2.24, 2.45) is 0 Å². The Bertz CT molecular complexity index is 261.